The molecule has 0 bridgehead atoms. The van der Waals surface area contributed by atoms with E-state index in [1.807, 2.05) is 0 Å². The van der Waals surface area contributed by atoms with Gasteiger partial charge >= 0.3 is 11.9 Å². The van der Waals surface area contributed by atoms with Crippen LogP contribution in [0.5, 0.6) is 0 Å². The zero-order chi connectivity index (χ0) is 47.7. The molecule has 1 atom stereocenters. The second-order valence-electron chi connectivity index (χ2n) is 21.0. The smallest absolute Gasteiger partial charge is 0.306 e. The molecular weight excluding hydrogens is 813 g/mol. The zero-order valence-corrected chi connectivity index (χ0v) is 45.5. The molecule has 0 saturated carbocycles. The van der Waals surface area contributed by atoms with Crippen molar-refractivity contribution in [3.63, 3.8) is 0 Å². The largest absolute Gasteiger partial charge is 0.462 e. The molecule has 0 aromatic heterocycles. The lowest BCUT2D eigenvalue weighted by molar-refractivity contribution is -0.163. The minimum atomic E-state index is -0.524. The summed E-state index contributed by atoms with van der Waals surface area (Å²) in [6.45, 7) is 7.94. The van der Waals surface area contributed by atoms with E-state index < -0.39 is 6.10 Å². The van der Waals surface area contributed by atoms with Crippen LogP contribution in [-0.2, 0) is 23.8 Å². The minimum Gasteiger partial charge on any atom is -0.462 e. The Kier molecular flexibility index (Phi) is 57.2. The Balaban J connectivity index is 4.18. The average molecular weight is 934 g/mol. The van der Waals surface area contributed by atoms with E-state index in [1.165, 1.54) is 289 Å². The quantitative estimate of drug-likeness (QED) is 0.0449. The van der Waals surface area contributed by atoms with Crippen LogP contribution in [0.1, 0.15) is 355 Å². The second kappa shape index (κ2) is 58.2. The molecule has 5 heteroatoms. The van der Waals surface area contributed by atoms with Crippen molar-refractivity contribution in [2.75, 3.05) is 19.8 Å². The predicted octanol–water partition coefficient (Wildman–Crippen LogP) is 20.8. The normalized spacial score (nSPS) is 12.0. The lowest BCUT2D eigenvalue weighted by Crippen LogP contribution is -2.30. The Morgan fingerprint density at radius 3 is 0.773 bits per heavy atom. The standard InChI is InChI=1S/C61H120O5/c1-4-7-10-13-16-19-22-25-28-31-33-36-39-42-45-48-51-54-60(62)65-58-59(57-64-56-53-50-47-44-41-38-35-30-27-24-21-18-15-12-9-6-3)66-61(63)55-52-49-46-43-40-37-34-32-29-26-23-20-17-14-11-8-5-2/h59H,4-58H2,1-3H3. The van der Waals surface area contributed by atoms with Crippen molar-refractivity contribution in [3.05, 3.63) is 0 Å². The highest BCUT2D eigenvalue weighted by Gasteiger charge is 2.18. The summed E-state index contributed by atoms with van der Waals surface area (Å²) < 4.78 is 17.5. The van der Waals surface area contributed by atoms with Crippen LogP contribution in [0.2, 0.25) is 0 Å². The fraction of sp³-hybridized carbons (Fsp3) is 0.967. The summed E-state index contributed by atoms with van der Waals surface area (Å²) in [4.78, 5) is 25.6. The first-order valence-corrected chi connectivity index (χ1v) is 30.6. The van der Waals surface area contributed by atoms with E-state index in [0.29, 0.717) is 26.1 Å². The number of rotatable bonds is 58. The van der Waals surface area contributed by atoms with Gasteiger partial charge in [-0.25, -0.2) is 0 Å². The fourth-order valence-electron chi connectivity index (χ4n) is 9.57. The Bertz CT molecular complexity index is 921. The van der Waals surface area contributed by atoms with Gasteiger partial charge in [0.1, 0.15) is 6.61 Å². The van der Waals surface area contributed by atoms with E-state index in [1.54, 1.807) is 0 Å². The SMILES string of the molecule is CCCCCCCCCCCCCCCCCCCC(=O)OCC(COCCCCCCCCCCCCCCCCCC)OC(=O)CCCCCCCCCCCCCCCCCCC. The first-order chi connectivity index (χ1) is 32.6. The van der Waals surface area contributed by atoms with Crippen LogP contribution in [0, 0.1) is 0 Å². The van der Waals surface area contributed by atoms with E-state index in [0.717, 1.165) is 32.1 Å². The molecule has 0 fully saturated rings. The number of hydrogen-bond donors (Lipinski definition) is 0. The third kappa shape index (κ3) is 55.5. The number of ether oxygens (including phenoxy) is 3. The van der Waals surface area contributed by atoms with E-state index in [-0.39, 0.29) is 18.5 Å². The van der Waals surface area contributed by atoms with Crippen LogP contribution >= 0.6 is 0 Å². The van der Waals surface area contributed by atoms with Gasteiger partial charge in [-0.2, -0.15) is 0 Å². The summed E-state index contributed by atoms with van der Waals surface area (Å²) >= 11 is 0. The second-order valence-corrected chi connectivity index (χ2v) is 21.0. The van der Waals surface area contributed by atoms with Crippen LogP contribution in [-0.4, -0.2) is 37.9 Å². The average Bonchev–Trinajstić information content (AvgIpc) is 3.32. The first-order valence-electron chi connectivity index (χ1n) is 30.6. The Morgan fingerprint density at radius 2 is 0.500 bits per heavy atom. The molecule has 1 unspecified atom stereocenters. The van der Waals surface area contributed by atoms with Crippen molar-refractivity contribution < 1.29 is 23.8 Å². The highest BCUT2D eigenvalue weighted by molar-refractivity contribution is 5.70. The van der Waals surface area contributed by atoms with Crippen LogP contribution < -0.4 is 0 Å². The molecule has 0 aliphatic heterocycles. The third-order valence-electron chi connectivity index (χ3n) is 14.1. The maximum absolute atomic E-state index is 12.9. The lowest BCUT2D eigenvalue weighted by Gasteiger charge is -2.18. The summed E-state index contributed by atoms with van der Waals surface area (Å²) in [7, 11) is 0. The topological polar surface area (TPSA) is 61.8 Å². The maximum atomic E-state index is 12.9. The van der Waals surface area contributed by atoms with E-state index >= 15 is 0 Å². The molecule has 5 nitrogen and oxygen atoms in total. The molecule has 0 amide bonds. The van der Waals surface area contributed by atoms with Gasteiger partial charge in [-0.05, 0) is 19.3 Å². The molecule has 0 spiro atoms. The van der Waals surface area contributed by atoms with Crippen LogP contribution in [0.4, 0.5) is 0 Å². The van der Waals surface area contributed by atoms with Crippen molar-refractivity contribution in [2.24, 2.45) is 0 Å². The van der Waals surface area contributed by atoms with Crippen LogP contribution in [0.3, 0.4) is 0 Å². The van der Waals surface area contributed by atoms with Gasteiger partial charge < -0.3 is 14.2 Å². The van der Waals surface area contributed by atoms with Crippen molar-refractivity contribution in [3.8, 4) is 0 Å². The van der Waals surface area contributed by atoms with Gasteiger partial charge in [0.15, 0.2) is 6.10 Å². The van der Waals surface area contributed by atoms with Crippen molar-refractivity contribution in [1.29, 1.82) is 0 Å². The molecule has 0 heterocycles. The minimum absolute atomic E-state index is 0.0987. The summed E-state index contributed by atoms with van der Waals surface area (Å²) in [5, 5.41) is 0. The molecule has 66 heavy (non-hydrogen) atoms. The summed E-state index contributed by atoms with van der Waals surface area (Å²) in [5.41, 5.74) is 0. The summed E-state index contributed by atoms with van der Waals surface area (Å²) in [5.74, 6) is -0.362. The summed E-state index contributed by atoms with van der Waals surface area (Å²) in [6.07, 6.45) is 67.0. The molecule has 0 aliphatic carbocycles. The first kappa shape index (κ1) is 64.9. The molecule has 0 aromatic rings. The zero-order valence-electron chi connectivity index (χ0n) is 45.5. The lowest BCUT2D eigenvalue weighted by atomic mass is 10.0. The molecule has 0 rings (SSSR count). The molecule has 0 aromatic carbocycles. The Labute approximate surface area is 414 Å². The molecular formula is C61H120O5. The van der Waals surface area contributed by atoms with Gasteiger partial charge in [0.25, 0.3) is 0 Å². The van der Waals surface area contributed by atoms with Crippen LogP contribution in [0.15, 0.2) is 0 Å². The van der Waals surface area contributed by atoms with Crippen LogP contribution in [0.25, 0.3) is 0 Å². The molecule has 0 saturated heterocycles. The summed E-state index contributed by atoms with van der Waals surface area (Å²) in [6, 6.07) is 0. The number of hydrogen-bond acceptors (Lipinski definition) is 5. The third-order valence-corrected chi connectivity index (χ3v) is 14.1. The maximum Gasteiger partial charge on any atom is 0.306 e. The van der Waals surface area contributed by atoms with E-state index in [9.17, 15) is 9.59 Å². The van der Waals surface area contributed by atoms with Crippen molar-refractivity contribution in [2.45, 2.75) is 361 Å². The van der Waals surface area contributed by atoms with Gasteiger partial charge in [0.2, 0.25) is 0 Å². The number of esters is 2. The Morgan fingerprint density at radius 1 is 0.273 bits per heavy atom. The number of unbranched alkanes of at least 4 members (excludes halogenated alkanes) is 47. The predicted molar refractivity (Wildman–Crippen MR) is 289 cm³/mol. The van der Waals surface area contributed by atoms with Gasteiger partial charge in [-0.3, -0.25) is 9.59 Å². The van der Waals surface area contributed by atoms with Gasteiger partial charge in [-0.1, -0.05) is 323 Å². The monoisotopic (exact) mass is 933 g/mol. The van der Waals surface area contributed by atoms with Gasteiger partial charge in [0.05, 0.1) is 6.61 Å². The molecule has 0 radical (unpaired) electrons. The van der Waals surface area contributed by atoms with Gasteiger partial charge in [-0.15, -0.1) is 0 Å². The molecule has 0 N–H and O–H groups in total. The van der Waals surface area contributed by atoms with Gasteiger partial charge in [0, 0.05) is 19.4 Å². The van der Waals surface area contributed by atoms with E-state index in [2.05, 4.69) is 20.8 Å². The fourth-order valence-corrected chi connectivity index (χ4v) is 9.57. The number of carbonyl (C=O) groups is 2. The van der Waals surface area contributed by atoms with Crippen molar-refractivity contribution >= 4 is 11.9 Å². The Hall–Kier alpha value is -1.10. The van der Waals surface area contributed by atoms with Crippen molar-refractivity contribution in [1.82, 2.24) is 0 Å². The highest BCUT2D eigenvalue weighted by atomic mass is 16.6. The number of carbonyl (C=O) groups excluding carboxylic acids is 2. The highest BCUT2D eigenvalue weighted by Crippen LogP contribution is 2.18. The molecule has 394 valence electrons. The van der Waals surface area contributed by atoms with E-state index in [4.69, 9.17) is 14.2 Å². The molecule has 0 aliphatic rings.